The molecule has 2 aromatic carbocycles. The maximum Gasteiger partial charge on any atom is 0.142 e. The van der Waals surface area contributed by atoms with Crippen LogP contribution in [0.25, 0.3) is 0 Å². The molecule has 0 saturated carbocycles. The van der Waals surface area contributed by atoms with E-state index in [9.17, 15) is 9.18 Å². The summed E-state index contributed by atoms with van der Waals surface area (Å²) < 4.78 is 13.7. The summed E-state index contributed by atoms with van der Waals surface area (Å²) in [6, 6.07) is 13.2. The lowest BCUT2D eigenvalue weighted by atomic mass is 9.89. The van der Waals surface area contributed by atoms with E-state index in [1.165, 1.54) is 18.2 Å². The molecule has 0 aliphatic carbocycles. The minimum absolute atomic E-state index is 0.00586. The van der Waals surface area contributed by atoms with Crippen LogP contribution in [0.4, 0.5) is 4.39 Å². The average Bonchev–Trinajstić information content (AvgIpc) is 2.50. The first-order valence-corrected chi connectivity index (χ1v) is 7.14. The molecule has 21 heavy (non-hydrogen) atoms. The van der Waals surface area contributed by atoms with Crippen molar-refractivity contribution < 1.29 is 9.18 Å². The molecule has 2 atom stereocenters. The van der Waals surface area contributed by atoms with Gasteiger partial charge in [-0.05, 0) is 29.3 Å². The summed E-state index contributed by atoms with van der Waals surface area (Å²) in [5.41, 5.74) is 7.32. The van der Waals surface area contributed by atoms with Crippen molar-refractivity contribution in [3.8, 4) is 0 Å². The second kappa shape index (κ2) is 6.83. The average molecular weight is 306 g/mol. The molecular weight excluding hydrogens is 289 g/mol. The smallest absolute Gasteiger partial charge is 0.142 e. The number of nitrogens with two attached hydrogens (primary N) is 1. The number of carbonyl (C=O) groups is 1. The van der Waals surface area contributed by atoms with Crippen molar-refractivity contribution in [2.45, 2.75) is 19.4 Å². The minimum atomic E-state index is -0.423. The van der Waals surface area contributed by atoms with Gasteiger partial charge in [-0.15, -0.1) is 0 Å². The van der Waals surface area contributed by atoms with Gasteiger partial charge in [-0.1, -0.05) is 48.9 Å². The number of benzene rings is 2. The van der Waals surface area contributed by atoms with Gasteiger partial charge >= 0.3 is 0 Å². The van der Waals surface area contributed by atoms with Gasteiger partial charge in [0.1, 0.15) is 11.6 Å². The van der Waals surface area contributed by atoms with E-state index < -0.39 is 17.8 Å². The Bertz CT molecular complexity index is 630. The Morgan fingerprint density at radius 2 is 1.90 bits per heavy atom. The van der Waals surface area contributed by atoms with Crippen LogP contribution in [-0.4, -0.2) is 5.78 Å². The van der Waals surface area contributed by atoms with Crippen LogP contribution in [0.5, 0.6) is 0 Å². The molecule has 2 nitrogen and oxygen atoms in total. The van der Waals surface area contributed by atoms with Crippen LogP contribution in [0.2, 0.25) is 5.02 Å². The first-order chi connectivity index (χ1) is 9.99. The van der Waals surface area contributed by atoms with Gasteiger partial charge in [-0.3, -0.25) is 4.79 Å². The summed E-state index contributed by atoms with van der Waals surface area (Å²) in [7, 11) is 0. The Balaban J connectivity index is 2.11. The lowest BCUT2D eigenvalue weighted by Gasteiger charge is -2.19. The SMILES string of the molecule is CC(C(=O)Cc1cc(Cl)ccc1F)C(N)c1ccccc1. The quantitative estimate of drug-likeness (QED) is 0.909. The fraction of sp³-hybridized carbons (Fsp3) is 0.235. The molecule has 0 aliphatic heterocycles. The van der Waals surface area contributed by atoms with E-state index >= 15 is 0 Å². The summed E-state index contributed by atoms with van der Waals surface area (Å²) in [6.07, 6.45) is -0.00586. The summed E-state index contributed by atoms with van der Waals surface area (Å²) in [6.45, 7) is 1.77. The second-order valence-electron chi connectivity index (χ2n) is 5.10. The summed E-state index contributed by atoms with van der Waals surface area (Å²) in [5.74, 6) is -0.925. The number of halogens is 2. The van der Waals surface area contributed by atoms with E-state index in [2.05, 4.69) is 0 Å². The third kappa shape index (κ3) is 3.90. The Hall–Kier alpha value is -1.71. The van der Waals surface area contributed by atoms with Crippen molar-refractivity contribution in [2.24, 2.45) is 11.7 Å². The van der Waals surface area contributed by atoms with Crippen molar-refractivity contribution in [3.63, 3.8) is 0 Å². The first-order valence-electron chi connectivity index (χ1n) is 6.76. The van der Waals surface area contributed by atoms with E-state index in [0.29, 0.717) is 10.6 Å². The van der Waals surface area contributed by atoms with Crippen molar-refractivity contribution in [1.29, 1.82) is 0 Å². The maximum atomic E-state index is 13.7. The zero-order valence-corrected chi connectivity index (χ0v) is 12.5. The second-order valence-corrected chi connectivity index (χ2v) is 5.54. The Morgan fingerprint density at radius 1 is 1.24 bits per heavy atom. The predicted octanol–water partition coefficient (Wildman–Crippen LogP) is 3.93. The molecular formula is C17H17ClFNO. The number of rotatable bonds is 5. The lowest BCUT2D eigenvalue weighted by Crippen LogP contribution is -2.27. The molecule has 0 aliphatic rings. The van der Waals surface area contributed by atoms with Gasteiger partial charge in [0, 0.05) is 23.4 Å². The normalized spacial score (nSPS) is 13.7. The van der Waals surface area contributed by atoms with Crippen LogP contribution < -0.4 is 5.73 Å². The fourth-order valence-electron chi connectivity index (χ4n) is 2.19. The molecule has 2 N–H and O–H groups in total. The molecule has 2 unspecified atom stereocenters. The third-order valence-corrected chi connectivity index (χ3v) is 3.84. The first kappa shape index (κ1) is 15.7. The van der Waals surface area contributed by atoms with E-state index in [4.69, 9.17) is 17.3 Å². The summed E-state index contributed by atoms with van der Waals surface area (Å²) in [5, 5.41) is 0.416. The predicted molar refractivity (Wildman–Crippen MR) is 82.7 cm³/mol. The van der Waals surface area contributed by atoms with E-state index in [0.717, 1.165) is 5.56 Å². The number of hydrogen-bond acceptors (Lipinski definition) is 2. The van der Waals surface area contributed by atoms with Crippen LogP contribution in [0, 0.1) is 11.7 Å². The molecule has 2 aromatic rings. The third-order valence-electron chi connectivity index (χ3n) is 3.60. The van der Waals surface area contributed by atoms with Gasteiger partial charge < -0.3 is 5.73 Å². The molecule has 0 heterocycles. The molecule has 0 amide bonds. The monoisotopic (exact) mass is 305 g/mol. The summed E-state index contributed by atoms with van der Waals surface area (Å²) in [4.78, 5) is 12.3. The molecule has 4 heteroatoms. The molecule has 0 aromatic heterocycles. The molecule has 2 rings (SSSR count). The fourth-order valence-corrected chi connectivity index (χ4v) is 2.39. The van der Waals surface area contributed by atoms with Crippen LogP contribution >= 0.6 is 11.6 Å². The largest absolute Gasteiger partial charge is 0.323 e. The van der Waals surface area contributed by atoms with E-state index in [-0.39, 0.29) is 12.2 Å². The molecule has 0 radical (unpaired) electrons. The zero-order valence-electron chi connectivity index (χ0n) is 11.7. The van der Waals surface area contributed by atoms with Gasteiger partial charge in [0.25, 0.3) is 0 Å². The highest BCUT2D eigenvalue weighted by Crippen LogP contribution is 2.23. The molecule has 0 spiro atoms. The summed E-state index contributed by atoms with van der Waals surface area (Å²) >= 11 is 5.84. The van der Waals surface area contributed by atoms with E-state index in [1.54, 1.807) is 6.92 Å². The molecule has 0 saturated heterocycles. The van der Waals surface area contributed by atoms with Crippen LogP contribution in [-0.2, 0) is 11.2 Å². The number of carbonyl (C=O) groups excluding carboxylic acids is 1. The zero-order chi connectivity index (χ0) is 15.4. The van der Waals surface area contributed by atoms with Gasteiger partial charge in [0.15, 0.2) is 0 Å². The number of hydrogen-bond donors (Lipinski definition) is 1. The Labute approximate surface area is 128 Å². The molecule has 0 fully saturated rings. The van der Waals surface area contributed by atoms with Gasteiger partial charge in [-0.25, -0.2) is 4.39 Å². The highest BCUT2D eigenvalue weighted by atomic mass is 35.5. The highest BCUT2D eigenvalue weighted by Gasteiger charge is 2.23. The Kier molecular flexibility index (Phi) is 5.10. The van der Waals surface area contributed by atoms with Crippen molar-refractivity contribution in [3.05, 3.63) is 70.5 Å². The van der Waals surface area contributed by atoms with Crippen molar-refractivity contribution >= 4 is 17.4 Å². The van der Waals surface area contributed by atoms with E-state index in [1.807, 2.05) is 30.3 Å². The van der Waals surface area contributed by atoms with Crippen LogP contribution in [0.1, 0.15) is 24.1 Å². The van der Waals surface area contributed by atoms with Crippen molar-refractivity contribution in [1.82, 2.24) is 0 Å². The number of ketones is 1. The van der Waals surface area contributed by atoms with Gasteiger partial charge in [-0.2, -0.15) is 0 Å². The van der Waals surface area contributed by atoms with Gasteiger partial charge in [0.05, 0.1) is 0 Å². The molecule has 110 valence electrons. The Morgan fingerprint density at radius 3 is 2.57 bits per heavy atom. The molecule has 0 bridgehead atoms. The van der Waals surface area contributed by atoms with Crippen LogP contribution in [0.3, 0.4) is 0 Å². The highest BCUT2D eigenvalue weighted by molar-refractivity contribution is 6.30. The maximum absolute atomic E-state index is 13.7. The van der Waals surface area contributed by atoms with Gasteiger partial charge in [0.2, 0.25) is 0 Å². The minimum Gasteiger partial charge on any atom is -0.323 e. The van der Waals surface area contributed by atoms with Crippen molar-refractivity contribution in [2.75, 3.05) is 0 Å². The standard InChI is InChI=1S/C17H17ClFNO/c1-11(17(20)12-5-3-2-4-6-12)16(21)10-13-9-14(18)7-8-15(13)19/h2-9,11,17H,10,20H2,1H3. The topological polar surface area (TPSA) is 43.1 Å². The number of Topliss-reactive ketones (excluding diaryl/α,β-unsaturated/α-hetero) is 1. The lowest BCUT2D eigenvalue weighted by molar-refractivity contribution is -0.122. The van der Waals surface area contributed by atoms with Crippen LogP contribution in [0.15, 0.2) is 48.5 Å².